The smallest absolute Gasteiger partial charge is 0.342 e. The molecule has 1 saturated heterocycles. The molecule has 0 atom stereocenters. The lowest BCUT2D eigenvalue weighted by molar-refractivity contribution is -0.119. The molecule has 1 heterocycles. The van der Waals surface area contributed by atoms with Crippen molar-refractivity contribution < 1.29 is 28.9 Å². The highest BCUT2D eigenvalue weighted by molar-refractivity contribution is 5.96. The van der Waals surface area contributed by atoms with Crippen molar-refractivity contribution in [2.45, 2.75) is 6.54 Å². The number of hydrogen-bond donors (Lipinski definition) is 2. The molecule has 0 bridgehead atoms. The van der Waals surface area contributed by atoms with Gasteiger partial charge < -0.3 is 24.6 Å². The summed E-state index contributed by atoms with van der Waals surface area (Å²) in [5, 5.41) is 12.5. The zero-order chi connectivity index (χ0) is 20.6. The number of benzene rings is 2. The molecule has 2 aromatic rings. The van der Waals surface area contributed by atoms with Crippen molar-refractivity contribution in [3.63, 3.8) is 0 Å². The average molecular weight is 400 g/mol. The van der Waals surface area contributed by atoms with E-state index >= 15 is 0 Å². The van der Waals surface area contributed by atoms with Gasteiger partial charge in [0.15, 0.2) is 6.61 Å². The fourth-order valence-electron chi connectivity index (χ4n) is 2.93. The monoisotopic (exact) mass is 400 g/mol. The number of hydrogen-bond acceptors (Lipinski definition) is 7. The number of phenolic OH excluding ortho intramolecular Hbond substituents is 1. The van der Waals surface area contributed by atoms with Crippen LogP contribution in [-0.2, 0) is 20.8 Å². The first-order valence-corrected chi connectivity index (χ1v) is 9.28. The molecular weight excluding hydrogens is 376 g/mol. The van der Waals surface area contributed by atoms with E-state index in [9.17, 15) is 14.7 Å². The minimum absolute atomic E-state index is 0.0361. The zero-order valence-corrected chi connectivity index (χ0v) is 16.2. The topological polar surface area (TPSA) is 97.3 Å². The maximum absolute atomic E-state index is 12.0. The Bertz CT molecular complexity index is 847. The van der Waals surface area contributed by atoms with E-state index in [0.29, 0.717) is 11.4 Å². The summed E-state index contributed by atoms with van der Waals surface area (Å²) in [6, 6.07) is 11.7. The van der Waals surface area contributed by atoms with Crippen LogP contribution in [-0.4, -0.2) is 61.9 Å². The number of anilines is 1. The van der Waals surface area contributed by atoms with Crippen LogP contribution in [0, 0.1) is 0 Å². The van der Waals surface area contributed by atoms with Crippen molar-refractivity contribution in [2.24, 2.45) is 0 Å². The third-order valence-electron chi connectivity index (χ3n) is 4.51. The minimum atomic E-state index is -0.791. The van der Waals surface area contributed by atoms with Gasteiger partial charge in [-0.2, -0.15) is 0 Å². The highest BCUT2D eigenvalue weighted by Gasteiger charge is 2.15. The molecule has 154 valence electrons. The maximum atomic E-state index is 12.0. The number of ether oxygens (including phenoxy) is 3. The number of nitrogens with zero attached hydrogens (tertiary/aromatic N) is 1. The minimum Gasteiger partial charge on any atom is -0.507 e. The van der Waals surface area contributed by atoms with Gasteiger partial charge in [-0.05, 0) is 29.8 Å². The largest absolute Gasteiger partial charge is 0.507 e. The number of carbonyl (C=O) groups excluding carboxylic acids is 2. The van der Waals surface area contributed by atoms with Crippen molar-refractivity contribution >= 4 is 17.6 Å². The molecule has 1 aliphatic heterocycles. The van der Waals surface area contributed by atoms with Crippen LogP contribution in [0.5, 0.6) is 11.5 Å². The first-order valence-electron chi connectivity index (χ1n) is 9.28. The third-order valence-corrected chi connectivity index (χ3v) is 4.51. The van der Waals surface area contributed by atoms with Crippen LogP contribution in [0.1, 0.15) is 15.9 Å². The summed E-state index contributed by atoms with van der Waals surface area (Å²) in [5.74, 6) is -1.12. The Morgan fingerprint density at radius 2 is 1.86 bits per heavy atom. The van der Waals surface area contributed by atoms with Gasteiger partial charge in [0.2, 0.25) is 0 Å². The number of amides is 1. The Balaban J connectivity index is 1.47. The van der Waals surface area contributed by atoms with Crippen LogP contribution < -0.4 is 10.1 Å². The predicted molar refractivity (Wildman–Crippen MR) is 106 cm³/mol. The maximum Gasteiger partial charge on any atom is 0.342 e. The molecule has 8 heteroatoms. The van der Waals surface area contributed by atoms with Gasteiger partial charge in [0, 0.05) is 31.4 Å². The summed E-state index contributed by atoms with van der Waals surface area (Å²) in [5.41, 5.74) is 1.72. The Hall–Kier alpha value is -3.10. The number of aromatic hydroxyl groups is 1. The molecule has 2 N–H and O–H groups in total. The highest BCUT2D eigenvalue weighted by Crippen LogP contribution is 2.24. The summed E-state index contributed by atoms with van der Waals surface area (Å²) >= 11 is 0. The number of nitrogens with one attached hydrogen (secondary N) is 1. The van der Waals surface area contributed by atoms with E-state index in [2.05, 4.69) is 10.2 Å². The van der Waals surface area contributed by atoms with Crippen molar-refractivity contribution in [3.8, 4) is 11.5 Å². The summed E-state index contributed by atoms with van der Waals surface area (Å²) < 4.78 is 15.3. The summed E-state index contributed by atoms with van der Waals surface area (Å²) in [7, 11) is 1.45. The van der Waals surface area contributed by atoms with Crippen LogP contribution >= 0.6 is 0 Å². The number of esters is 1. The first kappa shape index (κ1) is 20.6. The van der Waals surface area contributed by atoms with E-state index in [1.165, 1.54) is 25.3 Å². The normalized spacial score (nSPS) is 14.2. The van der Waals surface area contributed by atoms with Crippen LogP contribution in [0.3, 0.4) is 0 Å². The molecule has 1 amide bonds. The van der Waals surface area contributed by atoms with Gasteiger partial charge in [0.25, 0.3) is 5.91 Å². The van der Waals surface area contributed by atoms with Gasteiger partial charge in [0.05, 0.1) is 20.3 Å². The molecule has 0 aliphatic carbocycles. The molecule has 0 aromatic heterocycles. The van der Waals surface area contributed by atoms with Gasteiger partial charge in [-0.3, -0.25) is 9.69 Å². The molecule has 0 radical (unpaired) electrons. The fourth-order valence-corrected chi connectivity index (χ4v) is 2.93. The number of morpholine rings is 1. The second-order valence-electron chi connectivity index (χ2n) is 6.59. The van der Waals surface area contributed by atoms with Crippen molar-refractivity contribution in [2.75, 3.05) is 45.3 Å². The molecule has 0 unspecified atom stereocenters. The Kier molecular flexibility index (Phi) is 7.04. The third kappa shape index (κ3) is 5.94. The molecule has 0 spiro atoms. The summed E-state index contributed by atoms with van der Waals surface area (Å²) in [6.45, 7) is 3.70. The first-order chi connectivity index (χ1) is 14.0. The Morgan fingerprint density at radius 1 is 1.14 bits per heavy atom. The van der Waals surface area contributed by atoms with E-state index < -0.39 is 18.5 Å². The number of rotatable bonds is 7. The lowest BCUT2D eigenvalue weighted by atomic mass is 10.2. The molecule has 1 aliphatic rings. The number of methoxy groups -OCH3 is 1. The summed E-state index contributed by atoms with van der Waals surface area (Å²) in [6.07, 6.45) is 0. The van der Waals surface area contributed by atoms with Gasteiger partial charge in [-0.25, -0.2) is 4.79 Å². The van der Waals surface area contributed by atoms with Crippen molar-refractivity contribution in [1.29, 1.82) is 0 Å². The average Bonchev–Trinajstić information content (AvgIpc) is 2.74. The number of phenols is 1. The molecule has 2 aromatic carbocycles. The second kappa shape index (κ2) is 9.90. The SMILES string of the molecule is COc1ccc(C(=O)OCC(=O)Nc2ccc(CN3CCOCC3)cc2)c(O)c1. The van der Waals surface area contributed by atoms with Crippen LogP contribution in [0.2, 0.25) is 0 Å². The van der Waals surface area contributed by atoms with Gasteiger partial charge >= 0.3 is 5.97 Å². The van der Waals surface area contributed by atoms with Gasteiger partial charge in [0.1, 0.15) is 17.1 Å². The molecular formula is C21H24N2O6. The van der Waals surface area contributed by atoms with Crippen molar-refractivity contribution in [1.82, 2.24) is 4.90 Å². The molecule has 29 heavy (non-hydrogen) atoms. The van der Waals surface area contributed by atoms with Gasteiger partial charge in [-0.15, -0.1) is 0 Å². The van der Waals surface area contributed by atoms with E-state index in [-0.39, 0.29) is 11.3 Å². The Labute approximate surface area is 169 Å². The van der Waals surface area contributed by atoms with Crippen LogP contribution in [0.25, 0.3) is 0 Å². The molecule has 1 fully saturated rings. The quantitative estimate of drug-likeness (QED) is 0.687. The van der Waals surface area contributed by atoms with E-state index in [1.807, 2.05) is 24.3 Å². The van der Waals surface area contributed by atoms with Crippen molar-refractivity contribution in [3.05, 3.63) is 53.6 Å². The number of carbonyl (C=O) groups is 2. The van der Waals surface area contributed by atoms with E-state index in [4.69, 9.17) is 14.2 Å². The Morgan fingerprint density at radius 3 is 2.52 bits per heavy atom. The van der Waals surface area contributed by atoms with Gasteiger partial charge in [-0.1, -0.05) is 12.1 Å². The van der Waals surface area contributed by atoms with Crippen LogP contribution in [0.4, 0.5) is 5.69 Å². The highest BCUT2D eigenvalue weighted by atomic mass is 16.5. The predicted octanol–water partition coefficient (Wildman–Crippen LogP) is 2.03. The lowest BCUT2D eigenvalue weighted by Gasteiger charge is -2.26. The molecule has 8 nitrogen and oxygen atoms in total. The van der Waals surface area contributed by atoms with E-state index in [0.717, 1.165) is 38.4 Å². The standard InChI is InChI=1S/C21H24N2O6/c1-27-17-6-7-18(19(24)12-17)21(26)29-14-20(25)22-16-4-2-15(3-5-16)13-23-8-10-28-11-9-23/h2-7,12,24H,8-11,13-14H2,1H3,(H,22,25). The fraction of sp³-hybridized carbons (Fsp3) is 0.333. The zero-order valence-electron chi connectivity index (χ0n) is 16.2. The summed E-state index contributed by atoms with van der Waals surface area (Å²) in [4.78, 5) is 26.4. The van der Waals surface area contributed by atoms with E-state index in [1.54, 1.807) is 0 Å². The van der Waals surface area contributed by atoms with Crippen LogP contribution in [0.15, 0.2) is 42.5 Å². The second-order valence-corrected chi connectivity index (χ2v) is 6.59. The molecule has 0 saturated carbocycles. The molecule has 3 rings (SSSR count). The lowest BCUT2D eigenvalue weighted by Crippen LogP contribution is -2.35.